The van der Waals surface area contributed by atoms with Crippen LogP contribution in [0.25, 0.3) is 0 Å². The molecule has 1 aromatic rings. The Morgan fingerprint density at radius 1 is 1.38 bits per heavy atom. The molecule has 16 heavy (non-hydrogen) atoms. The molecule has 0 fully saturated rings. The average Bonchev–Trinajstić information content (AvgIpc) is 2.31. The minimum atomic E-state index is -0.516. The van der Waals surface area contributed by atoms with E-state index in [9.17, 15) is 9.18 Å². The van der Waals surface area contributed by atoms with Gasteiger partial charge in [0.15, 0.2) is 0 Å². The van der Waals surface area contributed by atoms with Crippen molar-refractivity contribution in [2.45, 2.75) is 13.8 Å². The van der Waals surface area contributed by atoms with Gasteiger partial charge >= 0.3 is 0 Å². The normalized spacial score (nSPS) is 10.0. The number of amides is 1. The molecule has 88 valence electrons. The molecule has 0 saturated heterocycles. The third-order valence-electron chi connectivity index (χ3n) is 2.45. The van der Waals surface area contributed by atoms with Crippen molar-refractivity contribution in [2.24, 2.45) is 0 Å². The molecule has 0 N–H and O–H groups in total. The first-order chi connectivity index (χ1) is 7.63. The summed E-state index contributed by atoms with van der Waals surface area (Å²) in [5, 5.41) is 0. The highest BCUT2D eigenvalue weighted by Crippen LogP contribution is 2.18. The zero-order valence-corrected chi connectivity index (χ0v) is 9.79. The number of hydrogen-bond donors (Lipinski definition) is 0. The van der Waals surface area contributed by atoms with Gasteiger partial charge in [-0.2, -0.15) is 0 Å². The van der Waals surface area contributed by atoms with Crippen LogP contribution in [0.3, 0.4) is 0 Å². The third-order valence-corrected chi connectivity index (χ3v) is 2.45. The van der Waals surface area contributed by atoms with Crippen molar-refractivity contribution >= 4 is 5.91 Å². The number of carbonyl (C=O) groups excluding carboxylic acids is 1. The van der Waals surface area contributed by atoms with Crippen molar-refractivity contribution < 1.29 is 13.9 Å². The molecule has 0 spiro atoms. The average molecular weight is 225 g/mol. The van der Waals surface area contributed by atoms with Gasteiger partial charge in [0, 0.05) is 13.1 Å². The number of methoxy groups -OCH3 is 1. The minimum absolute atomic E-state index is 0.0584. The predicted molar refractivity (Wildman–Crippen MR) is 60.2 cm³/mol. The van der Waals surface area contributed by atoms with Crippen molar-refractivity contribution in [1.29, 1.82) is 0 Å². The molecule has 0 bridgehead atoms. The Balaban J connectivity index is 3.06. The van der Waals surface area contributed by atoms with Crippen molar-refractivity contribution in [3.63, 3.8) is 0 Å². The fourth-order valence-electron chi connectivity index (χ4n) is 1.48. The lowest BCUT2D eigenvalue weighted by molar-refractivity contribution is 0.0768. The zero-order valence-electron chi connectivity index (χ0n) is 9.79. The maximum absolute atomic E-state index is 13.5. The van der Waals surface area contributed by atoms with Crippen molar-refractivity contribution in [2.75, 3.05) is 20.2 Å². The highest BCUT2D eigenvalue weighted by atomic mass is 19.1. The second-order valence-electron chi connectivity index (χ2n) is 3.32. The van der Waals surface area contributed by atoms with Gasteiger partial charge < -0.3 is 9.64 Å². The molecule has 0 radical (unpaired) electrons. The van der Waals surface area contributed by atoms with E-state index in [-0.39, 0.29) is 11.5 Å². The summed E-state index contributed by atoms with van der Waals surface area (Å²) < 4.78 is 18.5. The monoisotopic (exact) mass is 225 g/mol. The van der Waals surface area contributed by atoms with Crippen LogP contribution in [-0.4, -0.2) is 31.0 Å². The molecule has 0 aliphatic rings. The van der Waals surface area contributed by atoms with Crippen LogP contribution >= 0.6 is 0 Å². The lowest BCUT2D eigenvalue weighted by Crippen LogP contribution is -2.31. The van der Waals surface area contributed by atoms with Gasteiger partial charge in [-0.25, -0.2) is 4.39 Å². The Morgan fingerprint density at radius 2 is 2.00 bits per heavy atom. The summed E-state index contributed by atoms with van der Waals surface area (Å²) in [6, 6.07) is 4.17. The number of nitrogens with zero attached hydrogens (tertiary/aromatic N) is 1. The molecule has 0 saturated carbocycles. The number of carbonyl (C=O) groups is 1. The van der Waals surface area contributed by atoms with Crippen LogP contribution in [0.1, 0.15) is 24.2 Å². The number of halogens is 1. The summed E-state index contributed by atoms with van der Waals surface area (Å²) in [5.41, 5.74) is 0.0584. The Morgan fingerprint density at radius 3 is 2.50 bits per heavy atom. The molecule has 3 nitrogen and oxygen atoms in total. The fourth-order valence-corrected chi connectivity index (χ4v) is 1.48. The van der Waals surface area contributed by atoms with E-state index in [1.807, 2.05) is 13.8 Å². The highest BCUT2D eigenvalue weighted by molar-refractivity contribution is 5.94. The second kappa shape index (κ2) is 5.49. The van der Waals surface area contributed by atoms with Crippen LogP contribution in [0.5, 0.6) is 5.75 Å². The SMILES string of the molecule is CCN(CC)C(=O)c1cc(OC)ccc1F. The number of hydrogen-bond acceptors (Lipinski definition) is 2. The summed E-state index contributed by atoms with van der Waals surface area (Å²) >= 11 is 0. The van der Waals surface area contributed by atoms with E-state index in [1.54, 1.807) is 4.90 Å². The molecule has 0 heterocycles. The van der Waals surface area contributed by atoms with Gasteiger partial charge in [-0.3, -0.25) is 4.79 Å². The van der Waals surface area contributed by atoms with Gasteiger partial charge in [0.1, 0.15) is 11.6 Å². The van der Waals surface area contributed by atoms with Gasteiger partial charge in [0.2, 0.25) is 0 Å². The van der Waals surface area contributed by atoms with Gasteiger partial charge in [0.25, 0.3) is 5.91 Å². The summed E-state index contributed by atoms with van der Waals surface area (Å²) in [6.07, 6.45) is 0. The molecule has 0 aliphatic carbocycles. The standard InChI is InChI=1S/C12H16FNO2/c1-4-14(5-2)12(15)10-8-9(16-3)6-7-11(10)13/h6-8H,4-5H2,1-3H3. The quantitative estimate of drug-likeness (QED) is 0.787. The molecule has 0 unspecified atom stereocenters. The van der Waals surface area contributed by atoms with Crippen LogP contribution in [0.2, 0.25) is 0 Å². The van der Waals surface area contributed by atoms with Crippen LogP contribution < -0.4 is 4.74 Å². The summed E-state index contributed by atoms with van der Waals surface area (Å²) in [7, 11) is 1.49. The lowest BCUT2D eigenvalue weighted by Gasteiger charge is -2.19. The van der Waals surface area contributed by atoms with Crippen LogP contribution in [-0.2, 0) is 0 Å². The van der Waals surface area contributed by atoms with E-state index < -0.39 is 5.82 Å². The molecule has 0 atom stereocenters. The Kier molecular flexibility index (Phi) is 4.28. The first kappa shape index (κ1) is 12.5. The van der Waals surface area contributed by atoms with Crippen LogP contribution in [0.4, 0.5) is 4.39 Å². The first-order valence-electron chi connectivity index (χ1n) is 5.26. The van der Waals surface area contributed by atoms with Gasteiger partial charge in [-0.05, 0) is 32.0 Å². The fraction of sp³-hybridized carbons (Fsp3) is 0.417. The highest BCUT2D eigenvalue weighted by Gasteiger charge is 2.17. The molecule has 1 aromatic carbocycles. The Bertz CT molecular complexity index is 375. The van der Waals surface area contributed by atoms with E-state index >= 15 is 0 Å². The third kappa shape index (κ3) is 2.51. The molecule has 4 heteroatoms. The summed E-state index contributed by atoms with van der Waals surface area (Å²) in [5.74, 6) is -0.337. The molecular formula is C12H16FNO2. The van der Waals surface area contributed by atoms with E-state index in [0.717, 1.165) is 0 Å². The van der Waals surface area contributed by atoms with Crippen molar-refractivity contribution in [3.8, 4) is 5.75 Å². The Hall–Kier alpha value is -1.58. The number of benzene rings is 1. The molecule has 0 aliphatic heterocycles. The zero-order chi connectivity index (χ0) is 12.1. The van der Waals surface area contributed by atoms with Crippen LogP contribution in [0, 0.1) is 5.82 Å². The van der Waals surface area contributed by atoms with E-state index in [2.05, 4.69) is 0 Å². The number of ether oxygens (including phenoxy) is 1. The topological polar surface area (TPSA) is 29.5 Å². The van der Waals surface area contributed by atoms with Gasteiger partial charge in [0.05, 0.1) is 12.7 Å². The van der Waals surface area contributed by atoms with E-state index in [4.69, 9.17) is 4.74 Å². The van der Waals surface area contributed by atoms with Gasteiger partial charge in [-0.15, -0.1) is 0 Å². The predicted octanol–water partition coefficient (Wildman–Crippen LogP) is 2.32. The molecular weight excluding hydrogens is 209 g/mol. The summed E-state index contributed by atoms with van der Waals surface area (Å²) in [6.45, 7) is 4.84. The smallest absolute Gasteiger partial charge is 0.256 e. The summed E-state index contributed by atoms with van der Waals surface area (Å²) in [4.78, 5) is 13.5. The maximum atomic E-state index is 13.5. The van der Waals surface area contributed by atoms with Gasteiger partial charge in [-0.1, -0.05) is 0 Å². The lowest BCUT2D eigenvalue weighted by atomic mass is 10.1. The molecule has 1 rings (SSSR count). The molecule has 1 amide bonds. The van der Waals surface area contributed by atoms with E-state index in [1.165, 1.54) is 25.3 Å². The second-order valence-corrected chi connectivity index (χ2v) is 3.32. The largest absolute Gasteiger partial charge is 0.497 e. The Labute approximate surface area is 94.8 Å². The number of rotatable bonds is 4. The van der Waals surface area contributed by atoms with Crippen molar-refractivity contribution in [1.82, 2.24) is 4.90 Å². The molecule has 0 aromatic heterocycles. The first-order valence-corrected chi connectivity index (χ1v) is 5.26. The minimum Gasteiger partial charge on any atom is -0.497 e. The maximum Gasteiger partial charge on any atom is 0.256 e. The van der Waals surface area contributed by atoms with Crippen LogP contribution in [0.15, 0.2) is 18.2 Å². The van der Waals surface area contributed by atoms with Crippen molar-refractivity contribution in [3.05, 3.63) is 29.6 Å². The van der Waals surface area contributed by atoms with E-state index in [0.29, 0.717) is 18.8 Å².